The lowest BCUT2D eigenvalue weighted by Gasteiger charge is -2.30. The zero-order chi connectivity index (χ0) is 21.4. The second-order valence-corrected chi connectivity index (χ2v) is 7.65. The maximum absolute atomic E-state index is 13.4. The molecule has 1 aliphatic heterocycles. The molecule has 0 spiro atoms. The molecule has 4 rings (SSSR count). The monoisotopic (exact) mass is 415 g/mol. The molecule has 3 aromatic rings. The fourth-order valence-corrected chi connectivity index (χ4v) is 3.84. The van der Waals surface area contributed by atoms with Crippen molar-refractivity contribution < 1.29 is 9.59 Å². The van der Waals surface area contributed by atoms with Crippen LogP contribution in [-0.4, -0.2) is 21.5 Å². The van der Waals surface area contributed by atoms with Gasteiger partial charge in [0, 0.05) is 17.6 Å². The summed E-state index contributed by atoms with van der Waals surface area (Å²) in [4.78, 5) is 27.4. The van der Waals surface area contributed by atoms with Crippen LogP contribution < -0.4 is 10.2 Å². The number of aromatic nitrogens is 1. The summed E-state index contributed by atoms with van der Waals surface area (Å²) in [5.74, 6) is -0.931. The van der Waals surface area contributed by atoms with Crippen molar-refractivity contribution in [2.45, 2.75) is 20.8 Å². The first kappa shape index (κ1) is 19.8. The zero-order valence-corrected chi connectivity index (χ0v) is 17.8. The van der Waals surface area contributed by atoms with Crippen LogP contribution in [0.1, 0.15) is 22.4 Å². The van der Waals surface area contributed by atoms with Crippen LogP contribution in [0.2, 0.25) is 0 Å². The van der Waals surface area contributed by atoms with Gasteiger partial charge >= 0.3 is 0 Å². The SMILES string of the molecule is Cc1ccccc1-n1cccc1/C=C1\C(=O)NC(=S)N(c2cccc(C)c2C)C1=O. The Kier molecular flexibility index (Phi) is 5.10. The molecule has 150 valence electrons. The van der Waals surface area contributed by atoms with Crippen molar-refractivity contribution in [2.24, 2.45) is 0 Å². The van der Waals surface area contributed by atoms with Crippen LogP contribution in [0.5, 0.6) is 0 Å². The molecule has 1 fully saturated rings. The van der Waals surface area contributed by atoms with E-state index in [1.807, 2.05) is 86.1 Å². The Balaban J connectivity index is 1.79. The maximum atomic E-state index is 13.4. The van der Waals surface area contributed by atoms with Gasteiger partial charge in [0.15, 0.2) is 5.11 Å². The number of benzene rings is 2. The van der Waals surface area contributed by atoms with E-state index in [4.69, 9.17) is 12.2 Å². The second-order valence-electron chi connectivity index (χ2n) is 7.27. The van der Waals surface area contributed by atoms with Crippen molar-refractivity contribution in [3.63, 3.8) is 0 Å². The summed E-state index contributed by atoms with van der Waals surface area (Å²) in [7, 11) is 0. The number of nitrogens with zero attached hydrogens (tertiary/aromatic N) is 2. The third kappa shape index (κ3) is 3.35. The molecule has 0 bridgehead atoms. The lowest BCUT2D eigenvalue weighted by molar-refractivity contribution is -0.122. The third-order valence-corrected chi connectivity index (χ3v) is 5.65. The minimum Gasteiger partial charge on any atom is -0.317 e. The molecule has 0 aliphatic carbocycles. The fraction of sp³-hybridized carbons (Fsp3) is 0.125. The predicted molar refractivity (Wildman–Crippen MR) is 123 cm³/mol. The van der Waals surface area contributed by atoms with E-state index in [-0.39, 0.29) is 10.7 Å². The molecule has 0 unspecified atom stereocenters. The van der Waals surface area contributed by atoms with Gasteiger partial charge in [-0.05, 0) is 80.0 Å². The number of anilines is 1. The van der Waals surface area contributed by atoms with Crippen LogP contribution in [0, 0.1) is 20.8 Å². The predicted octanol–water partition coefficient (Wildman–Crippen LogP) is 4.23. The van der Waals surface area contributed by atoms with Gasteiger partial charge < -0.3 is 4.57 Å². The van der Waals surface area contributed by atoms with Gasteiger partial charge in [0.2, 0.25) is 0 Å². The number of rotatable bonds is 3. The number of carbonyl (C=O) groups is 2. The number of para-hydroxylation sites is 1. The molecular weight excluding hydrogens is 394 g/mol. The van der Waals surface area contributed by atoms with Gasteiger partial charge in [0.1, 0.15) is 5.57 Å². The van der Waals surface area contributed by atoms with Crippen molar-refractivity contribution in [3.05, 3.63) is 88.8 Å². The van der Waals surface area contributed by atoms with Crippen molar-refractivity contribution in [1.82, 2.24) is 9.88 Å². The van der Waals surface area contributed by atoms with E-state index in [2.05, 4.69) is 5.32 Å². The highest BCUT2D eigenvalue weighted by molar-refractivity contribution is 7.80. The van der Waals surface area contributed by atoms with Crippen LogP contribution in [-0.2, 0) is 9.59 Å². The Morgan fingerprint density at radius 1 is 0.867 bits per heavy atom. The minimum atomic E-state index is -0.496. The maximum Gasteiger partial charge on any atom is 0.270 e. The van der Waals surface area contributed by atoms with E-state index in [0.29, 0.717) is 5.69 Å². The molecule has 2 amide bonds. The van der Waals surface area contributed by atoms with E-state index in [1.165, 1.54) is 4.90 Å². The van der Waals surface area contributed by atoms with Gasteiger partial charge in [-0.15, -0.1) is 0 Å². The molecule has 6 heteroatoms. The highest BCUT2D eigenvalue weighted by Crippen LogP contribution is 2.27. The molecule has 0 radical (unpaired) electrons. The van der Waals surface area contributed by atoms with E-state index >= 15 is 0 Å². The summed E-state index contributed by atoms with van der Waals surface area (Å²) < 4.78 is 1.96. The van der Waals surface area contributed by atoms with E-state index in [9.17, 15) is 9.59 Å². The van der Waals surface area contributed by atoms with Gasteiger partial charge in [0.25, 0.3) is 11.8 Å². The third-order valence-electron chi connectivity index (χ3n) is 5.37. The quantitative estimate of drug-likeness (QED) is 0.396. The molecule has 1 aliphatic rings. The topological polar surface area (TPSA) is 54.3 Å². The summed E-state index contributed by atoms with van der Waals surface area (Å²) in [6.45, 7) is 5.93. The highest BCUT2D eigenvalue weighted by Gasteiger charge is 2.35. The molecule has 1 aromatic heterocycles. The van der Waals surface area contributed by atoms with Gasteiger partial charge in [-0.3, -0.25) is 19.8 Å². The molecule has 1 N–H and O–H groups in total. The standard InChI is InChI=1S/C24H21N3O2S/c1-15-9-6-12-21(17(15)3)27-23(29)19(22(28)25-24(27)30)14-18-10-7-13-26(18)20-11-5-4-8-16(20)2/h4-14H,1-3H3,(H,25,28,30)/b19-14+. The van der Waals surface area contributed by atoms with Gasteiger partial charge in [-0.2, -0.15) is 0 Å². The van der Waals surface area contributed by atoms with Crippen LogP contribution in [0.4, 0.5) is 5.69 Å². The summed E-state index contributed by atoms with van der Waals surface area (Å²) in [5, 5.41) is 2.75. The summed E-state index contributed by atoms with van der Waals surface area (Å²) in [6, 6.07) is 17.4. The number of carbonyl (C=O) groups excluding carboxylic acids is 2. The Morgan fingerprint density at radius 3 is 2.33 bits per heavy atom. The van der Waals surface area contributed by atoms with Crippen LogP contribution in [0.3, 0.4) is 0 Å². The average Bonchev–Trinajstić information content (AvgIpc) is 3.16. The summed E-state index contributed by atoms with van der Waals surface area (Å²) in [6.07, 6.45) is 3.52. The Labute approximate surface area is 180 Å². The molecule has 30 heavy (non-hydrogen) atoms. The molecule has 0 saturated carbocycles. The summed E-state index contributed by atoms with van der Waals surface area (Å²) in [5.41, 5.74) is 5.50. The van der Waals surface area contributed by atoms with Crippen LogP contribution >= 0.6 is 12.2 Å². The van der Waals surface area contributed by atoms with Crippen molar-refractivity contribution >= 4 is 40.9 Å². The van der Waals surface area contributed by atoms with Gasteiger partial charge in [0.05, 0.1) is 5.69 Å². The van der Waals surface area contributed by atoms with Crippen LogP contribution in [0.15, 0.2) is 66.4 Å². The first-order valence-corrected chi connectivity index (χ1v) is 10.0. The Hall–Kier alpha value is -3.51. The molecule has 5 nitrogen and oxygen atoms in total. The van der Waals surface area contributed by atoms with E-state index in [0.717, 1.165) is 28.1 Å². The Morgan fingerprint density at radius 2 is 1.57 bits per heavy atom. The highest BCUT2D eigenvalue weighted by atomic mass is 32.1. The molecule has 1 saturated heterocycles. The minimum absolute atomic E-state index is 0.0399. The lowest BCUT2D eigenvalue weighted by atomic mass is 10.0. The fourth-order valence-electron chi connectivity index (χ4n) is 3.57. The molecular formula is C24H21N3O2S. The van der Waals surface area contributed by atoms with E-state index in [1.54, 1.807) is 6.08 Å². The zero-order valence-electron chi connectivity index (χ0n) is 17.0. The second kappa shape index (κ2) is 7.72. The number of thiocarbonyl (C=S) groups is 1. The lowest BCUT2D eigenvalue weighted by Crippen LogP contribution is -2.54. The normalized spacial score (nSPS) is 15.6. The average molecular weight is 416 g/mol. The first-order chi connectivity index (χ1) is 14.4. The smallest absolute Gasteiger partial charge is 0.270 e. The van der Waals surface area contributed by atoms with Gasteiger partial charge in [-0.25, -0.2) is 0 Å². The van der Waals surface area contributed by atoms with Crippen molar-refractivity contribution in [3.8, 4) is 5.69 Å². The largest absolute Gasteiger partial charge is 0.317 e. The van der Waals surface area contributed by atoms with Gasteiger partial charge in [-0.1, -0.05) is 30.3 Å². The van der Waals surface area contributed by atoms with Crippen molar-refractivity contribution in [2.75, 3.05) is 4.90 Å². The number of amides is 2. The molecule has 0 atom stereocenters. The molecule has 2 heterocycles. The van der Waals surface area contributed by atoms with E-state index < -0.39 is 11.8 Å². The number of aryl methyl sites for hydroxylation is 2. The number of hydrogen-bond acceptors (Lipinski definition) is 3. The number of nitrogens with one attached hydrogen (secondary N) is 1. The van der Waals surface area contributed by atoms with Crippen LogP contribution in [0.25, 0.3) is 11.8 Å². The summed E-state index contributed by atoms with van der Waals surface area (Å²) >= 11 is 5.33. The number of hydrogen-bond donors (Lipinski definition) is 1. The Bertz CT molecular complexity index is 1220. The molecule has 2 aromatic carbocycles. The van der Waals surface area contributed by atoms with Crippen molar-refractivity contribution in [1.29, 1.82) is 0 Å². The first-order valence-electron chi connectivity index (χ1n) is 9.59.